The fourth-order valence-corrected chi connectivity index (χ4v) is 4.00. The van der Waals surface area contributed by atoms with Gasteiger partial charge in [0.2, 0.25) is 10.0 Å². The van der Waals surface area contributed by atoms with E-state index in [4.69, 9.17) is 4.74 Å². The maximum Gasteiger partial charge on any atom is 0.265 e. The van der Waals surface area contributed by atoms with Gasteiger partial charge in [-0.05, 0) is 38.0 Å². The monoisotopic (exact) mass is 326 g/mol. The number of nitrogens with one attached hydrogen (secondary N) is 1. The van der Waals surface area contributed by atoms with Crippen molar-refractivity contribution in [2.24, 2.45) is 0 Å². The van der Waals surface area contributed by atoms with E-state index in [2.05, 4.69) is 5.32 Å². The van der Waals surface area contributed by atoms with E-state index in [0.717, 1.165) is 12.8 Å². The van der Waals surface area contributed by atoms with Crippen molar-refractivity contribution < 1.29 is 17.9 Å². The predicted octanol–water partition coefficient (Wildman–Crippen LogP) is 2.22. The molecule has 122 valence electrons. The second-order valence-corrected chi connectivity index (χ2v) is 7.25. The van der Waals surface area contributed by atoms with Gasteiger partial charge in [-0.2, -0.15) is 4.31 Å². The molecular formula is C15H22N2O4S. The molecule has 1 aliphatic rings. The van der Waals surface area contributed by atoms with E-state index in [1.807, 2.05) is 13.8 Å². The van der Waals surface area contributed by atoms with E-state index in [9.17, 15) is 13.2 Å². The quantitative estimate of drug-likeness (QED) is 0.869. The van der Waals surface area contributed by atoms with Crippen LogP contribution in [0.3, 0.4) is 0 Å². The number of hydrogen-bond acceptors (Lipinski definition) is 4. The van der Waals surface area contributed by atoms with E-state index < -0.39 is 16.1 Å². The van der Waals surface area contributed by atoms with Crippen molar-refractivity contribution in [3.8, 4) is 5.75 Å². The largest absolute Gasteiger partial charge is 0.479 e. The number of carbonyl (C=O) groups is 1. The summed E-state index contributed by atoms with van der Waals surface area (Å²) in [5, 5.41) is 2.68. The Kier molecular flexibility index (Phi) is 5.08. The Balaban J connectivity index is 2.36. The molecule has 0 aliphatic carbocycles. The van der Waals surface area contributed by atoms with Crippen molar-refractivity contribution in [3.63, 3.8) is 0 Å². The molecule has 1 aliphatic heterocycles. The van der Waals surface area contributed by atoms with Gasteiger partial charge in [-0.1, -0.05) is 13.8 Å². The normalized spacial score (nSPS) is 17.8. The number of ether oxygens (including phenoxy) is 1. The van der Waals surface area contributed by atoms with Crippen LogP contribution in [-0.4, -0.2) is 37.8 Å². The Labute approximate surface area is 131 Å². The Morgan fingerprint density at radius 2 is 1.86 bits per heavy atom. The molecular weight excluding hydrogens is 304 g/mol. The lowest BCUT2D eigenvalue weighted by molar-refractivity contribution is -0.122. The molecule has 1 atom stereocenters. The third-order valence-corrected chi connectivity index (χ3v) is 5.36. The minimum absolute atomic E-state index is 0.173. The zero-order valence-electron chi connectivity index (χ0n) is 13.1. The molecule has 0 fully saturated rings. The predicted molar refractivity (Wildman–Crippen MR) is 84.5 cm³/mol. The molecule has 0 aromatic heterocycles. The lowest BCUT2D eigenvalue weighted by Gasteiger charge is -2.25. The van der Waals surface area contributed by atoms with Crippen LogP contribution >= 0.6 is 0 Å². The minimum atomic E-state index is -3.56. The van der Waals surface area contributed by atoms with Crippen LogP contribution in [0.15, 0.2) is 23.1 Å². The van der Waals surface area contributed by atoms with Crippen molar-refractivity contribution in [1.29, 1.82) is 0 Å². The van der Waals surface area contributed by atoms with Crippen LogP contribution in [0.1, 0.15) is 33.6 Å². The summed E-state index contributed by atoms with van der Waals surface area (Å²) >= 11 is 0. The maximum absolute atomic E-state index is 12.7. The number of nitrogens with zero attached hydrogens (tertiary/aromatic N) is 1. The summed E-state index contributed by atoms with van der Waals surface area (Å²) in [6.45, 7) is 6.49. The first kappa shape index (κ1) is 16.8. The van der Waals surface area contributed by atoms with Gasteiger partial charge in [0, 0.05) is 13.1 Å². The fourth-order valence-electron chi connectivity index (χ4n) is 2.35. The van der Waals surface area contributed by atoms with Gasteiger partial charge in [0.05, 0.1) is 10.6 Å². The van der Waals surface area contributed by atoms with Gasteiger partial charge in [0.25, 0.3) is 5.91 Å². The molecule has 1 amide bonds. The fraction of sp³-hybridized carbons (Fsp3) is 0.533. The Morgan fingerprint density at radius 1 is 1.23 bits per heavy atom. The SMILES string of the molecule is CCCN(CCC)S(=O)(=O)c1ccc2c(c1)NC(=O)C(C)O2. The van der Waals surface area contributed by atoms with Gasteiger partial charge in [0.1, 0.15) is 5.75 Å². The number of carbonyl (C=O) groups excluding carboxylic acids is 1. The smallest absolute Gasteiger partial charge is 0.265 e. The standard InChI is InChI=1S/C15H22N2O4S/c1-4-8-17(9-5-2)22(19,20)12-6-7-14-13(10-12)16-15(18)11(3)21-14/h6-7,10-11H,4-5,8-9H2,1-3H3,(H,16,18). The molecule has 1 aromatic carbocycles. The van der Waals surface area contributed by atoms with Crippen LogP contribution in [0.4, 0.5) is 5.69 Å². The third-order valence-electron chi connectivity index (χ3n) is 3.47. The maximum atomic E-state index is 12.7. The summed E-state index contributed by atoms with van der Waals surface area (Å²) in [6, 6.07) is 4.58. The van der Waals surface area contributed by atoms with E-state index in [-0.39, 0.29) is 10.8 Å². The van der Waals surface area contributed by atoms with Gasteiger partial charge in [-0.15, -0.1) is 0 Å². The van der Waals surface area contributed by atoms with Gasteiger partial charge in [-0.3, -0.25) is 4.79 Å². The molecule has 1 N–H and O–H groups in total. The number of sulfonamides is 1. The van der Waals surface area contributed by atoms with Crippen molar-refractivity contribution in [2.75, 3.05) is 18.4 Å². The van der Waals surface area contributed by atoms with Crippen LogP contribution in [0.25, 0.3) is 0 Å². The average Bonchev–Trinajstić information content (AvgIpc) is 2.47. The van der Waals surface area contributed by atoms with Crippen molar-refractivity contribution >= 4 is 21.6 Å². The van der Waals surface area contributed by atoms with Gasteiger partial charge < -0.3 is 10.1 Å². The van der Waals surface area contributed by atoms with Gasteiger partial charge >= 0.3 is 0 Å². The lowest BCUT2D eigenvalue weighted by atomic mass is 10.2. The Bertz CT molecular complexity index is 652. The van der Waals surface area contributed by atoms with Crippen LogP contribution in [0.2, 0.25) is 0 Å². The zero-order valence-corrected chi connectivity index (χ0v) is 13.9. The van der Waals surface area contributed by atoms with Crippen molar-refractivity contribution in [2.45, 2.75) is 44.6 Å². The van der Waals surface area contributed by atoms with E-state index in [0.29, 0.717) is 24.5 Å². The number of anilines is 1. The highest BCUT2D eigenvalue weighted by Crippen LogP contribution is 2.32. The molecule has 1 unspecified atom stereocenters. The molecule has 1 aromatic rings. The first-order valence-electron chi connectivity index (χ1n) is 7.51. The van der Waals surface area contributed by atoms with Gasteiger partial charge in [0.15, 0.2) is 6.10 Å². The second kappa shape index (κ2) is 6.66. The van der Waals surface area contributed by atoms with Crippen LogP contribution in [-0.2, 0) is 14.8 Å². The molecule has 0 bridgehead atoms. The topological polar surface area (TPSA) is 75.7 Å². The highest BCUT2D eigenvalue weighted by molar-refractivity contribution is 7.89. The molecule has 1 heterocycles. The Morgan fingerprint density at radius 3 is 2.45 bits per heavy atom. The molecule has 22 heavy (non-hydrogen) atoms. The molecule has 0 radical (unpaired) electrons. The van der Waals surface area contributed by atoms with Gasteiger partial charge in [-0.25, -0.2) is 8.42 Å². The first-order chi connectivity index (χ1) is 10.4. The molecule has 0 saturated carbocycles. The van der Waals surface area contributed by atoms with E-state index in [1.165, 1.54) is 16.4 Å². The number of benzene rings is 1. The van der Waals surface area contributed by atoms with E-state index in [1.54, 1.807) is 13.0 Å². The van der Waals surface area contributed by atoms with Crippen molar-refractivity contribution in [1.82, 2.24) is 4.31 Å². The highest BCUT2D eigenvalue weighted by Gasteiger charge is 2.28. The number of rotatable bonds is 6. The summed E-state index contributed by atoms with van der Waals surface area (Å²) in [7, 11) is -3.56. The summed E-state index contributed by atoms with van der Waals surface area (Å²) in [5.41, 5.74) is 0.400. The average molecular weight is 326 g/mol. The highest BCUT2D eigenvalue weighted by atomic mass is 32.2. The summed E-state index contributed by atoms with van der Waals surface area (Å²) in [4.78, 5) is 11.8. The zero-order chi connectivity index (χ0) is 16.3. The first-order valence-corrected chi connectivity index (χ1v) is 8.95. The van der Waals surface area contributed by atoms with Crippen LogP contribution in [0.5, 0.6) is 5.75 Å². The Hall–Kier alpha value is -1.60. The molecule has 6 nitrogen and oxygen atoms in total. The van der Waals surface area contributed by atoms with Crippen LogP contribution in [0, 0.1) is 0 Å². The van der Waals surface area contributed by atoms with Crippen LogP contribution < -0.4 is 10.1 Å². The number of fused-ring (bicyclic) bond motifs is 1. The minimum Gasteiger partial charge on any atom is -0.479 e. The van der Waals surface area contributed by atoms with Crippen molar-refractivity contribution in [3.05, 3.63) is 18.2 Å². The summed E-state index contributed by atoms with van der Waals surface area (Å²) < 4.78 is 32.4. The number of amides is 1. The molecule has 0 spiro atoms. The summed E-state index contributed by atoms with van der Waals surface area (Å²) in [5.74, 6) is 0.213. The van der Waals surface area contributed by atoms with E-state index >= 15 is 0 Å². The second-order valence-electron chi connectivity index (χ2n) is 5.31. The molecule has 2 rings (SSSR count). The molecule has 7 heteroatoms. The molecule has 0 saturated heterocycles. The number of hydrogen-bond donors (Lipinski definition) is 1. The summed E-state index contributed by atoms with van der Waals surface area (Å²) in [6.07, 6.45) is 0.926. The lowest BCUT2D eigenvalue weighted by Crippen LogP contribution is -2.35. The third kappa shape index (κ3) is 3.25.